The van der Waals surface area contributed by atoms with Gasteiger partial charge < -0.3 is 30.3 Å². The van der Waals surface area contributed by atoms with Crippen LogP contribution in [-0.2, 0) is 37.5 Å². The van der Waals surface area contributed by atoms with E-state index in [1.807, 2.05) is 12.2 Å². The molecule has 61 heavy (non-hydrogen) atoms. The van der Waals surface area contributed by atoms with Crippen LogP contribution in [0.5, 0.6) is 0 Å². The third kappa shape index (κ3) is 42.6. The van der Waals surface area contributed by atoms with Gasteiger partial charge in [-0.2, -0.15) is 0 Å². The second-order valence-electron chi connectivity index (χ2n) is 14.2. The van der Waals surface area contributed by atoms with E-state index in [4.69, 9.17) is 29.9 Å². The van der Waals surface area contributed by atoms with E-state index in [0.29, 0.717) is 19.3 Å². The Kier molecular flexibility index (Phi) is 40.0. The number of esters is 2. The number of hydrogen-bond acceptors (Lipinski definition) is 10. The Morgan fingerprint density at radius 2 is 0.951 bits per heavy atom. The molecule has 0 aromatic rings. The molecule has 0 rings (SSSR count). The molecule has 0 aromatic heterocycles. The number of carbonyl (C=O) groups is 3. The lowest BCUT2D eigenvalue weighted by Gasteiger charge is -2.20. The van der Waals surface area contributed by atoms with Gasteiger partial charge in [-0.25, -0.2) is 4.57 Å². The highest BCUT2D eigenvalue weighted by Crippen LogP contribution is 2.43. The monoisotopic (exact) mass is 874 g/mol. The van der Waals surface area contributed by atoms with Gasteiger partial charge in [-0.3, -0.25) is 23.4 Å². The summed E-state index contributed by atoms with van der Waals surface area (Å²) >= 11 is 0. The highest BCUT2D eigenvalue weighted by atomic mass is 31.2. The highest BCUT2D eigenvalue weighted by molar-refractivity contribution is 7.47. The molecule has 0 radical (unpaired) electrons. The Hall–Kier alpha value is -3.90. The first-order valence-electron chi connectivity index (χ1n) is 22.0. The highest BCUT2D eigenvalue weighted by Gasteiger charge is 2.28. The number of ether oxygens (including phenoxy) is 2. The van der Waals surface area contributed by atoms with Crippen molar-refractivity contribution in [3.05, 3.63) is 109 Å². The van der Waals surface area contributed by atoms with Crippen molar-refractivity contribution < 1.29 is 52.6 Å². The fourth-order valence-corrected chi connectivity index (χ4v) is 5.90. The van der Waals surface area contributed by atoms with E-state index in [9.17, 15) is 23.8 Å². The molecular formula is C48H76NO11P. The summed E-state index contributed by atoms with van der Waals surface area (Å²) in [5, 5.41) is 17.7. The molecule has 344 valence electrons. The number of nitrogens with two attached hydrogens (primary N) is 1. The van der Waals surface area contributed by atoms with Crippen LogP contribution in [0.3, 0.4) is 0 Å². The third-order valence-electron chi connectivity index (χ3n) is 8.56. The molecule has 3 atom stereocenters. The maximum atomic E-state index is 12.6. The Morgan fingerprint density at radius 3 is 1.41 bits per heavy atom. The predicted molar refractivity (Wildman–Crippen MR) is 246 cm³/mol. The Labute approximate surface area is 366 Å². The number of hydrogen-bond donors (Lipinski definition) is 4. The number of phosphoric ester groups is 1. The minimum atomic E-state index is -4.75. The molecule has 0 saturated heterocycles. The van der Waals surface area contributed by atoms with Crippen molar-refractivity contribution in [2.75, 3.05) is 26.4 Å². The molecule has 0 heterocycles. The zero-order chi connectivity index (χ0) is 44.9. The van der Waals surface area contributed by atoms with Crippen LogP contribution in [0.4, 0.5) is 0 Å². The van der Waals surface area contributed by atoms with Crippen LogP contribution >= 0.6 is 7.82 Å². The van der Waals surface area contributed by atoms with Crippen molar-refractivity contribution in [1.82, 2.24) is 0 Å². The maximum Gasteiger partial charge on any atom is 0.472 e. The van der Waals surface area contributed by atoms with Gasteiger partial charge in [-0.05, 0) is 103 Å². The number of carboxylic acid groups (broad SMARTS) is 1. The quantitative estimate of drug-likeness (QED) is 0.0197. The molecule has 0 fully saturated rings. The van der Waals surface area contributed by atoms with Crippen LogP contribution in [-0.4, -0.2) is 71.6 Å². The summed E-state index contributed by atoms with van der Waals surface area (Å²) < 4.78 is 32.6. The molecule has 13 heteroatoms. The summed E-state index contributed by atoms with van der Waals surface area (Å²) in [5.74, 6) is -2.53. The number of rotatable bonds is 40. The SMILES string of the molecule is CC/C=C\C/C=C\C/C=C\C/C=C\C/C=C\CCCCCC(=O)OC[C@H](COP(=O)(O)OC[C@H](N)C(=O)O)OC(=O)CCC/C=C\C/C=C\C/C=C\C/C=C\CCCCCO. The molecule has 0 aliphatic heterocycles. The number of unbranched alkanes of at least 4 members (excludes halogenated alkanes) is 7. The lowest BCUT2D eigenvalue weighted by atomic mass is 10.1. The number of carbonyl (C=O) groups excluding carboxylic acids is 2. The van der Waals surface area contributed by atoms with Gasteiger partial charge >= 0.3 is 25.7 Å². The van der Waals surface area contributed by atoms with E-state index < -0.39 is 57.7 Å². The van der Waals surface area contributed by atoms with E-state index in [-0.39, 0.29) is 19.4 Å². The summed E-state index contributed by atoms with van der Waals surface area (Å²) in [6, 6.07) is -1.55. The van der Waals surface area contributed by atoms with Gasteiger partial charge in [0.05, 0.1) is 13.2 Å². The largest absolute Gasteiger partial charge is 0.480 e. The number of aliphatic hydroxyl groups is 1. The molecule has 0 spiro atoms. The minimum Gasteiger partial charge on any atom is -0.480 e. The Morgan fingerprint density at radius 1 is 0.541 bits per heavy atom. The number of aliphatic hydroxyl groups excluding tert-OH is 1. The first kappa shape index (κ1) is 57.1. The van der Waals surface area contributed by atoms with Crippen molar-refractivity contribution in [2.45, 2.75) is 147 Å². The molecule has 0 aliphatic rings. The van der Waals surface area contributed by atoms with E-state index in [2.05, 4.69) is 109 Å². The normalized spacial score (nSPS) is 14.7. The van der Waals surface area contributed by atoms with Crippen molar-refractivity contribution in [1.29, 1.82) is 0 Å². The molecule has 12 nitrogen and oxygen atoms in total. The number of aliphatic carboxylic acids is 1. The van der Waals surface area contributed by atoms with Gasteiger partial charge in [0.25, 0.3) is 0 Å². The van der Waals surface area contributed by atoms with E-state index in [1.54, 1.807) is 0 Å². The summed E-state index contributed by atoms with van der Waals surface area (Å²) in [7, 11) is -4.75. The zero-order valence-corrected chi connectivity index (χ0v) is 37.5. The predicted octanol–water partition coefficient (Wildman–Crippen LogP) is 10.8. The molecule has 0 bridgehead atoms. The van der Waals surface area contributed by atoms with E-state index in [1.165, 1.54) is 0 Å². The van der Waals surface area contributed by atoms with Crippen LogP contribution in [0.25, 0.3) is 0 Å². The summed E-state index contributed by atoms with van der Waals surface area (Å²) in [5.41, 5.74) is 5.33. The van der Waals surface area contributed by atoms with Gasteiger partial charge in [-0.15, -0.1) is 0 Å². The maximum absolute atomic E-state index is 12.6. The molecule has 5 N–H and O–H groups in total. The van der Waals surface area contributed by atoms with Gasteiger partial charge in [0.15, 0.2) is 6.10 Å². The number of allylic oxidation sites excluding steroid dienone is 18. The second kappa shape index (κ2) is 42.8. The Bertz CT molecular complexity index is 1440. The molecule has 0 aliphatic carbocycles. The number of carboxylic acids is 1. The fraction of sp³-hybridized carbons (Fsp3) is 0.562. The second-order valence-corrected chi connectivity index (χ2v) is 15.6. The van der Waals surface area contributed by atoms with Crippen molar-refractivity contribution in [3.63, 3.8) is 0 Å². The topological polar surface area (TPSA) is 192 Å². The van der Waals surface area contributed by atoms with Crippen LogP contribution in [0.15, 0.2) is 109 Å². The van der Waals surface area contributed by atoms with Gasteiger partial charge in [0.2, 0.25) is 0 Å². The standard InChI is InChI=1S/C48H76NO11P/c1-2-3-4-5-6-7-8-9-10-11-12-14-17-20-23-26-29-32-35-38-46(51)57-41-44(42-58-61(55,56)59-43-45(49)48(53)54)60-47(52)39-36-33-30-27-24-21-18-15-13-16-19-22-25-28-31-34-37-40-50/h3-4,6-7,9-10,12-14,16,18,20-23,25,27,30,44-45,50H,2,5,8,11,15,17,19,24,26,28-29,31-43,49H2,1H3,(H,53,54)(H,55,56)/b4-3-,7-6-,10-9-,14-12-,16-13-,21-18-,23-20-,25-22-,30-27-/t44-,45+/m1/s1. The Balaban J connectivity index is 4.53. The summed E-state index contributed by atoms with van der Waals surface area (Å²) in [4.78, 5) is 46.0. The van der Waals surface area contributed by atoms with E-state index in [0.717, 1.165) is 96.3 Å². The average Bonchev–Trinajstić information content (AvgIpc) is 3.24. The van der Waals surface area contributed by atoms with Crippen LogP contribution < -0.4 is 5.73 Å². The summed E-state index contributed by atoms with van der Waals surface area (Å²) in [6.45, 7) is 0.579. The zero-order valence-electron chi connectivity index (χ0n) is 36.6. The molecule has 1 unspecified atom stereocenters. The van der Waals surface area contributed by atoms with E-state index >= 15 is 0 Å². The lowest BCUT2D eigenvalue weighted by molar-refractivity contribution is -0.161. The van der Waals surface area contributed by atoms with Crippen molar-refractivity contribution in [2.24, 2.45) is 5.73 Å². The minimum absolute atomic E-state index is 0.0607. The summed E-state index contributed by atoms with van der Waals surface area (Å²) in [6.07, 6.45) is 53.1. The molecule has 0 aromatic carbocycles. The first-order chi connectivity index (χ1) is 29.6. The van der Waals surface area contributed by atoms with Crippen LogP contribution in [0.2, 0.25) is 0 Å². The number of phosphoric acid groups is 1. The first-order valence-corrected chi connectivity index (χ1v) is 23.5. The molecule has 0 amide bonds. The molecule has 0 saturated carbocycles. The van der Waals surface area contributed by atoms with Crippen LogP contribution in [0.1, 0.15) is 135 Å². The van der Waals surface area contributed by atoms with Crippen molar-refractivity contribution >= 4 is 25.7 Å². The van der Waals surface area contributed by atoms with Crippen LogP contribution in [0, 0.1) is 0 Å². The average molecular weight is 874 g/mol. The lowest BCUT2D eigenvalue weighted by Crippen LogP contribution is -2.34. The van der Waals surface area contributed by atoms with Gasteiger partial charge in [-0.1, -0.05) is 129 Å². The molecular weight excluding hydrogens is 797 g/mol. The van der Waals surface area contributed by atoms with Crippen molar-refractivity contribution in [3.8, 4) is 0 Å². The third-order valence-corrected chi connectivity index (χ3v) is 9.51. The fourth-order valence-electron chi connectivity index (χ4n) is 5.12. The van der Waals surface area contributed by atoms with Gasteiger partial charge in [0.1, 0.15) is 12.6 Å². The smallest absolute Gasteiger partial charge is 0.472 e. The van der Waals surface area contributed by atoms with Gasteiger partial charge in [0, 0.05) is 19.4 Å².